The molecule has 3 nitrogen and oxygen atoms in total. The number of pyridine rings is 1. The number of aromatic nitrogens is 3. The van der Waals surface area contributed by atoms with Gasteiger partial charge >= 0.3 is 0 Å². The highest BCUT2D eigenvalue weighted by Gasteiger charge is 2.11. The quantitative estimate of drug-likeness (QED) is 0.509. The van der Waals surface area contributed by atoms with Gasteiger partial charge < -0.3 is 4.57 Å². The van der Waals surface area contributed by atoms with E-state index in [0.717, 1.165) is 22.4 Å². The van der Waals surface area contributed by atoms with E-state index in [9.17, 15) is 0 Å². The minimum absolute atomic E-state index is 0. The molecule has 0 aliphatic rings. The number of benzene rings is 2. The Hall–Kier alpha value is -2.10. The van der Waals surface area contributed by atoms with Gasteiger partial charge in [-0.2, -0.15) is 0 Å². The average molecular weight is 332 g/mol. The molecule has 0 saturated carbocycles. The van der Waals surface area contributed by atoms with Crippen molar-refractivity contribution in [2.45, 2.75) is 0 Å². The Morgan fingerprint density at radius 2 is 1.73 bits per heavy atom. The maximum Gasteiger partial charge on any atom is 0.142 e. The number of rotatable bonds is 1. The van der Waals surface area contributed by atoms with Gasteiger partial charge in [-0.25, -0.2) is 4.98 Å². The van der Waals surface area contributed by atoms with Crippen LogP contribution in [0, 0.1) is 0 Å². The van der Waals surface area contributed by atoms with E-state index in [1.807, 2.05) is 25.4 Å². The van der Waals surface area contributed by atoms with Crippen molar-refractivity contribution in [2.75, 3.05) is 0 Å². The van der Waals surface area contributed by atoms with Crippen LogP contribution in [0.2, 0.25) is 0 Å². The second-order valence-electron chi connectivity index (χ2n) is 4.89. The van der Waals surface area contributed by atoms with E-state index >= 15 is 0 Å². The highest BCUT2D eigenvalue weighted by molar-refractivity contribution is 6.05. The molecule has 0 atom stereocenters. The molecule has 0 spiro atoms. The van der Waals surface area contributed by atoms with Gasteiger partial charge in [-0.1, -0.05) is 30.3 Å². The van der Waals surface area contributed by atoms with Crippen molar-refractivity contribution in [1.82, 2.24) is 14.5 Å². The molecule has 112 valence electrons. The minimum Gasteiger partial charge on any atom is -0.327 e. The highest BCUT2D eigenvalue weighted by Crippen LogP contribution is 2.28. The van der Waals surface area contributed by atoms with Crippen LogP contribution in [-0.2, 0) is 7.05 Å². The molecule has 0 aliphatic heterocycles. The lowest BCUT2D eigenvalue weighted by Crippen LogP contribution is -1.92. The molecular formula is C17H15Cl2N3. The third kappa shape index (κ3) is 2.43. The van der Waals surface area contributed by atoms with Crippen LogP contribution in [0.15, 0.2) is 60.9 Å². The zero-order chi connectivity index (χ0) is 13.5. The molecule has 5 heteroatoms. The third-order valence-electron chi connectivity index (χ3n) is 3.70. The van der Waals surface area contributed by atoms with Gasteiger partial charge in [-0.05, 0) is 23.6 Å². The summed E-state index contributed by atoms with van der Waals surface area (Å²) in [5, 5.41) is 2.41. The summed E-state index contributed by atoms with van der Waals surface area (Å²) < 4.78 is 2.12. The summed E-state index contributed by atoms with van der Waals surface area (Å²) in [5.74, 6) is 0.949. The van der Waals surface area contributed by atoms with Gasteiger partial charge in [0, 0.05) is 30.4 Å². The zero-order valence-corrected chi connectivity index (χ0v) is 13.6. The summed E-state index contributed by atoms with van der Waals surface area (Å²) in [4.78, 5) is 9.01. The topological polar surface area (TPSA) is 30.7 Å². The van der Waals surface area contributed by atoms with Gasteiger partial charge in [-0.3, -0.25) is 4.98 Å². The Bertz CT molecular complexity index is 917. The van der Waals surface area contributed by atoms with Crippen LogP contribution in [0.5, 0.6) is 0 Å². The molecule has 0 aliphatic carbocycles. The number of nitrogens with zero attached hydrogens (tertiary/aromatic N) is 3. The molecule has 2 heterocycles. The molecule has 0 bridgehead atoms. The smallest absolute Gasteiger partial charge is 0.142 e. The molecule has 0 amide bonds. The third-order valence-corrected chi connectivity index (χ3v) is 3.70. The lowest BCUT2D eigenvalue weighted by molar-refractivity contribution is 0.957. The summed E-state index contributed by atoms with van der Waals surface area (Å²) in [5.41, 5.74) is 3.22. The fraction of sp³-hybridized carbons (Fsp3) is 0.0588. The van der Waals surface area contributed by atoms with Crippen LogP contribution < -0.4 is 0 Å². The van der Waals surface area contributed by atoms with Gasteiger partial charge in [0.25, 0.3) is 0 Å². The number of hydrogen-bond donors (Lipinski definition) is 0. The van der Waals surface area contributed by atoms with E-state index in [0.29, 0.717) is 0 Å². The molecular weight excluding hydrogens is 317 g/mol. The average Bonchev–Trinajstić information content (AvgIpc) is 2.86. The molecule has 0 N–H and O–H groups in total. The van der Waals surface area contributed by atoms with Crippen LogP contribution in [-0.4, -0.2) is 14.5 Å². The van der Waals surface area contributed by atoms with Crippen molar-refractivity contribution in [3.05, 3.63) is 60.9 Å². The Labute approximate surface area is 140 Å². The van der Waals surface area contributed by atoms with Crippen molar-refractivity contribution in [1.29, 1.82) is 0 Å². The Balaban J connectivity index is 0.000000882. The molecule has 2 aromatic carbocycles. The lowest BCUT2D eigenvalue weighted by atomic mass is 10.1. The predicted molar refractivity (Wildman–Crippen MR) is 95.9 cm³/mol. The fourth-order valence-corrected chi connectivity index (χ4v) is 2.68. The highest BCUT2D eigenvalue weighted by atomic mass is 35.5. The first-order valence-electron chi connectivity index (χ1n) is 6.59. The van der Waals surface area contributed by atoms with E-state index in [-0.39, 0.29) is 24.8 Å². The maximum atomic E-state index is 4.83. The van der Waals surface area contributed by atoms with Crippen LogP contribution in [0.3, 0.4) is 0 Å². The first-order chi connectivity index (χ1) is 9.84. The van der Waals surface area contributed by atoms with Crippen LogP contribution in [0.25, 0.3) is 33.2 Å². The number of aryl methyl sites for hydroxylation is 1. The van der Waals surface area contributed by atoms with Gasteiger partial charge in [0.1, 0.15) is 5.82 Å². The molecule has 4 aromatic rings. The van der Waals surface area contributed by atoms with Crippen molar-refractivity contribution in [3.8, 4) is 11.4 Å². The molecule has 22 heavy (non-hydrogen) atoms. The number of hydrogen-bond acceptors (Lipinski definition) is 2. The Morgan fingerprint density at radius 3 is 2.50 bits per heavy atom. The summed E-state index contributed by atoms with van der Waals surface area (Å²) in [6.45, 7) is 0. The maximum absolute atomic E-state index is 4.83. The molecule has 0 unspecified atom stereocenters. The number of imidazole rings is 1. The normalized spacial score (nSPS) is 10.2. The Kier molecular flexibility index (Phi) is 4.69. The SMILES string of the molecule is Cl.Cl.Cn1c(-c2cccnc2)nc2c3ccccc3ccc21. The molecule has 0 saturated heterocycles. The van der Waals surface area contributed by atoms with Gasteiger partial charge in [0.15, 0.2) is 0 Å². The molecule has 0 fully saturated rings. The monoisotopic (exact) mass is 331 g/mol. The number of halogens is 2. The first-order valence-corrected chi connectivity index (χ1v) is 6.59. The fourth-order valence-electron chi connectivity index (χ4n) is 2.68. The minimum atomic E-state index is 0. The van der Waals surface area contributed by atoms with Gasteiger partial charge in [0.05, 0.1) is 11.0 Å². The Morgan fingerprint density at radius 1 is 0.909 bits per heavy atom. The first kappa shape index (κ1) is 16.3. The van der Waals surface area contributed by atoms with E-state index in [2.05, 4.69) is 45.9 Å². The second kappa shape index (κ2) is 6.34. The van der Waals surface area contributed by atoms with Crippen LogP contribution >= 0.6 is 24.8 Å². The largest absolute Gasteiger partial charge is 0.327 e. The summed E-state index contributed by atoms with van der Waals surface area (Å²) >= 11 is 0. The lowest BCUT2D eigenvalue weighted by Gasteiger charge is -2.01. The number of fused-ring (bicyclic) bond motifs is 3. The zero-order valence-electron chi connectivity index (χ0n) is 11.9. The summed E-state index contributed by atoms with van der Waals surface area (Å²) in [6.07, 6.45) is 3.63. The molecule has 0 radical (unpaired) electrons. The van der Waals surface area contributed by atoms with Gasteiger partial charge in [0.2, 0.25) is 0 Å². The second-order valence-corrected chi connectivity index (χ2v) is 4.89. The van der Waals surface area contributed by atoms with Crippen LogP contribution in [0.4, 0.5) is 0 Å². The van der Waals surface area contributed by atoms with Crippen molar-refractivity contribution in [2.24, 2.45) is 7.05 Å². The van der Waals surface area contributed by atoms with E-state index in [1.54, 1.807) is 6.20 Å². The van der Waals surface area contributed by atoms with Crippen molar-refractivity contribution in [3.63, 3.8) is 0 Å². The molecule has 4 rings (SSSR count). The van der Waals surface area contributed by atoms with Crippen molar-refractivity contribution >= 4 is 46.6 Å². The van der Waals surface area contributed by atoms with Crippen molar-refractivity contribution < 1.29 is 0 Å². The summed E-state index contributed by atoms with van der Waals surface area (Å²) in [6, 6.07) is 16.6. The predicted octanol–water partition coefficient (Wildman–Crippen LogP) is 4.63. The summed E-state index contributed by atoms with van der Waals surface area (Å²) in [7, 11) is 2.05. The molecule has 2 aromatic heterocycles. The van der Waals surface area contributed by atoms with E-state index in [1.165, 1.54) is 10.8 Å². The van der Waals surface area contributed by atoms with Crippen LogP contribution in [0.1, 0.15) is 0 Å². The van der Waals surface area contributed by atoms with E-state index < -0.39 is 0 Å². The standard InChI is InChI=1S/C17H13N3.2ClH/c1-20-15-9-8-12-5-2-3-7-14(12)16(15)19-17(20)13-6-4-10-18-11-13;;/h2-11H,1H3;2*1H. The van der Waals surface area contributed by atoms with Gasteiger partial charge in [-0.15, -0.1) is 24.8 Å². The van der Waals surface area contributed by atoms with E-state index in [4.69, 9.17) is 4.98 Å².